The van der Waals surface area contributed by atoms with Gasteiger partial charge in [0.1, 0.15) is 0 Å². The van der Waals surface area contributed by atoms with E-state index in [4.69, 9.17) is 16.9 Å². The van der Waals surface area contributed by atoms with E-state index in [1.54, 1.807) is 6.07 Å². The van der Waals surface area contributed by atoms with Gasteiger partial charge in [0, 0.05) is 16.7 Å². The van der Waals surface area contributed by atoms with Gasteiger partial charge in [-0.3, -0.25) is 0 Å². The summed E-state index contributed by atoms with van der Waals surface area (Å²) < 4.78 is 0.858. The van der Waals surface area contributed by atoms with Gasteiger partial charge in [-0.2, -0.15) is 5.26 Å². The van der Waals surface area contributed by atoms with Crippen LogP contribution in [-0.2, 0) is 0 Å². The van der Waals surface area contributed by atoms with Crippen molar-refractivity contribution >= 4 is 33.2 Å². The zero-order chi connectivity index (χ0) is 9.68. The monoisotopic (exact) mass is 258 g/mol. The van der Waals surface area contributed by atoms with Crippen LogP contribution >= 0.6 is 27.5 Å². The van der Waals surface area contributed by atoms with E-state index in [1.807, 2.05) is 12.1 Å². The maximum absolute atomic E-state index is 8.32. The Morgan fingerprint density at radius 2 is 2.31 bits per heavy atom. The average molecular weight is 260 g/mol. The molecular weight excluding hydrogens is 251 g/mol. The fourth-order valence-corrected chi connectivity index (χ4v) is 1.37. The predicted molar refractivity (Wildman–Crippen MR) is 57.9 cm³/mol. The van der Waals surface area contributed by atoms with Gasteiger partial charge in [0.2, 0.25) is 0 Å². The highest BCUT2D eigenvalue weighted by Crippen LogP contribution is 2.25. The molecule has 0 saturated carbocycles. The van der Waals surface area contributed by atoms with E-state index in [1.165, 1.54) is 0 Å². The fourth-order valence-electron chi connectivity index (χ4n) is 0.869. The second-order valence-electron chi connectivity index (χ2n) is 2.46. The summed E-state index contributed by atoms with van der Waals surface area (Å²) in [5, 5.41) is 12.1. The van der Waals surface area contributed by atoms with Crippen LogP contribution in [0.2, 0.25) is 5.02 Å². The summed E-state index contributed by atoms with van der Waals surface area (Å²) in [6.07, 6.45) is 0.500. The molecule has 0 spiro atoms. The van der Waals surface area contributed by atoms with Crippen LogP contribution in [0.5, 0.6) is 0 Å². The minimum Gasteiger partial charge on any atom is -0.384 e. The van der Waals surface area contributed by atoms with Gasteiger partial charge in [0.15, 0.2) is 0 Å². The van der Waals surface area contributed by atoms with E-state index in [2.05, 4.69) is 27.3 Å². The molecule has 0 aromatic heterocycles. The van der Waals surface area contributed by atoms with Crippen LogP contribution < -0.4 is 5.32 Å². The highest BCUT2D eigenvalue weighted by molar-refractivity contribution is 9.10. The van der Waals surface area contributed by atoms with Gasteiger partial charge < -0.3 is 5.32 Å². The third-order valence-electron chi connectivity index (χ3n) is 1.49. The van der Waals surface area contributed by atoms with E-state index in [0.717, 1.165) is 10.2 Å². The van der Waals surface area contributed by atoms with Gasteiger partial charge >= 0.3 is 0 Å². The summed E-state index contributed by atoms with van der Waals surface area (Å²) in [7, 11) is 0. The molecule has 0 aliphatic heterocycles. The molecule has 0 bridgehead atoms. The quantitative estimate of drug-likeness (QED) is 0.844. The van der Waals surface area contributed by atoms with Crippen molar-refractivity contribution in [3.8, 4) is 6.07 Å². The van der Waals surface area contributed by atoms with Crippen molar-refractivity contribution in [1.82, 2.24) is 0 Å². The minimum absolute atomic E-state index is 0.500. The molecule has 4 heteroatoms. The molecule has 0 atom stereocenters. The number of nitrogens with one attached hydrogen (secondary N) is 1. The molecule has 0 aliphatic rings. The first-order valence-corrected chi connectivity index (χ1v) is 4.97. The summed E-state index contributed by atoms with van der Waals surface area (Å²) in [4.78, 5) is 0. The van der Waals surface area contributed by atoms with Crippen LogP contribution in [0.1, 0.15) is 6.42 Å². The van der Waals surface area contributed by atoms with Crippen molar-refractivity contribution in [2.24, 2.45) is 0 Å². The SMILES string of the molecule is N#CCCNc1ccc(Cl)c(Br)c1. The minimum atomic E-state index is 0.500. The summed E-state index contributed by atoms with van der Waals surface area (Å²) in [5.41, 5.74) is 0.964. The van der Waals surface area contributed by atoms with Gasteiger partial charge in [0.25, 0.3) is 0 Å². The van der Waals surface area contributed by atoms with E-state index in [9.17, 15) is 0 Å². The predicted octanol–water partition coefficient (Wildman–Crippen LogP) is 3.43. The van der Waals surface area contributed by atoms with E-state index in [-0.39, 0.29) is 0 Å². The number of hydrogen-bond acceptors (Lipinski definition) is 2. The van der Waals surface area contributed by atoms with Crippen LogP contribution in [0, 0.1) is 11.3 Å². The van der Waals surface area contributed by atoms with Crippen LogP contribution in [0.3, 0.4) is 0 Å². The van der Waals surface area contributed by atoms with E-state index < -0.39 is 0 Å². The molecule has 13 heavy (non-hydrogen) atoms. The van der Waals surface area contributed by atoms with Crippen LogP contribution in [0.4, 0.5) is 5.69 Å². The van der Waals surface area contributed by atoms with Crippen molar-refractivity contribution < 1.29 is 0 Å². The maximum Gasteiger partial charge on any atom is 0.0640 e. The molecule has 2 nitrogen and oxygen atoms in total. The number of rotatable bonds is 3. The number of hydrogen-bond donors (Lipinski definition) is 1. The Labute approximate surface area is 90.6 Å². The molecule has 0 fully saturated rings. The summed E-state index contributed by atoms with van der Waals surface area (Å²) in [5.74, 6) is 0. The van der Waals surface area contributed by atoms with Crippen LogP contribution in [0.15, 0.2) is 22.7 Å². The fraction of sp³-hybridized carbons (Fsp3) is 0.222. The first-order valence-electron chi connectivity index (χ1n) is 3.80. The van der Waals surface area contributed by atoms with E-state index in [0.29, 0.717) is 18.0 Å². The second-order valence-corrected chi connectivity index (χ2v) is 3.73. The smallest absolute Gasteiger partial charge is 0.0640 e. The number of anilines is 1. The standard InChI is InChI=1S/C9H8BrClN2/c10-8-6-7(2-3-9(8)11)13-5-1-4-12/h2-3,6,13H,1,5H2. The Balaban J connectivity index is 2.59. The third-order valence-corrected chi connectivity index (χ3v) is 2.70. The van der Waals surface area contributed by atoms with E-state index >= 15 is 0 Å². The Morgan fingerprint density at radius 3 is 2.92 bits per heavy atom. The van der Waals surface area contributed by atoms with Crippen LogP contribution in [-0.4, -0.2) is 6.54 Å². The van der Waals surface area contributed by atoms with Crippen molar-refractivity contribution in [1.29, 1.82) is 5.26 Å². The normalized spacial score (nSPS) is 9.31. The number of halogens is 2. The molecule has 0 amide bonds. The van der Waals surface area contributed by atoms with Gasteiger partial charge in [-0.15, -0.1) is 0 Å². The van der Waals surface area contributed by atoms with Crippen molar-refractivity contribution in [3.63, 3.8) is 0 Å². The molecule has 1 aromatic carbocycles. The number of nitriles is 1. The molecule has 1 N–H and O–H groups in total. The Hall–Kier alpha value is -0.720. The maximum atomic E-state index is 8.32. The Morgan fingerprint density at radius 1 is 1.54 bits per heavy atom. The lowest BCUT2D eigenvalue weighted by molar-refractivity contribution is 1.07. The first-order chi connectivity index (χ1) is 6.24. The van der Waals surface area contributed by atoms with Crippen molar-refractivity contribution in [2.45, 2.75) is 6.42 Å². The highest BCUT2D eigenvalue weighted by atomic mass is 79.9. The highest BCUT2D eigenvalue weighted by Gasteiger charge is 1.97. The van der Waals surface area contributed by atoms with Crippen molar-refractivity contribution in [3.05, 3.63) is 27.7 Å². The molecule has 0 heterocycles. The Kier molecular flexibility index (Phi) is 4.07. The number of benzene rings is 1. The molecule has 1 aromatic rings. The Bertz CT molecular complexity index is 333. The molecular formula is C9H8BrClN2. The second kappa shape index (κ2) is 5.11. The lowest BCUT2D eigenvalue weighted by Crippen LogP contribution is -1.99. The molecule has 0 saturated heterocycles. The lowest BCUT2D eigenvalue weighted by atomic mass is 10.3. The van der Waals surface area contributed by atoms with Gasteiger partial charge in [0.05, 0.1) is 17.5 Å². The average Bonchev–Trinajstić information content (AvgIpc) is 2.12. The van der Waals surface area contributed by atoms with Gasteiger partial charge in [-0.1, -0.05) is 11.6 Å². The van der Waals surface area contributed by atoms with Crippen LogP contribution in [0.25, 0.3) is 0 Å². The third kappa shape index (κ3) is 3.25. The zero-order valence-corrected chi connectivity index (χ0v) is 9.19. The molecule has 1 rings (SSSR count). The first kappa shape index (κ1) is 10.4. The number of nitrogens with zero attached hydrogens (tertiary/aromatic N) is 1. The summed E-state index contributed by atoms with van der Waals surface area (Å²) in [6.45, 7) is 0.657. The summed E-state index contributed by atoms with van der Waals surface area (Å²) >= 11 is 9.13. The summed E-state index contributed by atoms with van der Waals surface area (Å²) in [6, 6.07) is 7.64. The largest absolute Gasteiger partial charge is 0.384 e. The molecule has 68 valence electrons. The van der Waals surface area contributed by atoms with Crippen molar-refractivity contribution in [2.75, 3.05) is 11.9 Å². The van der Waals surface area contributed by atoms with Gasteiger partial charge in [-0.05, 0) is 34.1 Å². The topological polar surface area (TPSA) is 35.8 Å². The lowest BCUT2D eigenvalue weighted by Gasteiger charge is -2.04. The van der Waals surface area contributed by atoms with Gasteiger partial charge in [-0.25, -0.2) is 0 Å². The molecule has 0 radical (unpaired) electrons. The molecule has 0 unspecified atom stereocenters. The molecule has 0 aliphatic carbocycles. The zero-order valence-electron chi connectivity index (χ0n) is 6.85.